The van der Waals surface area contributed by atoms with Crippen LogP contribution < -0.4 is 13.4 Å². The summed E-state index contributed by atoms with van der Waals surface area (Å²) in [5.41, 5.74) is 0. The molecule has 0 aliphatic carbocycles. The van der Waals surface area contributed by atoms with Gasteiger partial charge in [0, 0.05) is 0 Å². The zero-order chi connectivity index (χ0) is 41.8. The zero-order valence-corrected chi connectivity index (χ0v) is 42.2. The molecule has 57 heavy (non-hydrogen) atoms. The highest BCUT2D eigenvalue weighted by Gasteiger charge is 2.57. The molecule has 0 N–H and O–H groups in total. The molecule has 0 bridgehead atoms. The molecule has 3 aromatic heterocycles. The Labute approximate surface area is 353 Å². The number of unbranched alkanes of at least 4 members (excludes halogenated alkanes) is 3. The molecule has 1 fully saturated rings. The number of hydrogen-bond donors (Lipinski definition) is 0. The molecule has 0 atom stereocenters. The minimum absolute atomic E-state index is 0.799. The van der Waals surface area contributed by atoms with Gasteiger partial charge in [-0.05, 0) is 57.0 Å². The molecule has 4 heterocycles. The molecule has 0 aromatic carbocycles. The first kappa shape index (κ1) is 48.0. The first-order valence-electron chi connectivity index (χ1n) is 24.1. The van der Waals surface area contributed by atoms with Gasteiger partial charge in [-0.25, -0.2) is 13.7 Å². The molecule has 15 heteroatoms. The van der Waals surface area contributed by atoms with Crippen LogP contribution in [0.2, 0.25) is 94.7 Å². The van der Waals surface area contributed by atoms with E-state index in [0.717, 1.165) is 94.6 Å². The molecule has 0 radical (unpaired) electrons. The topological polar surface area (TPSA) is 54.1 Å². The maximum absolute atomic E-state index is 7.58. The van der Waals surface area contributed by atoms with E-state index in [1.165, 1.54) is 38.5 Å². The predicted octanol–water partition coefficient (Wildman–Crippen LogP) is 10.5. The van der Waals surface area contributed by atoms with Gasteiger partial charge in [0.25, 0.3) is 0 Å². The Morgan fingerprint density at radius 2 is 0.667 bits per heavy atom. The summed E-state index contributed by atoms with van der Waals surface area (Å²) in [7, 11) is -7.87. The van der Waals surface area contributed by atoms with Crippen molar-refractivity contribution in [1.82, 2.24) is 13.7 Å². The van der Waals surface area contributed by atoms with Gasteiger partial charge in [0.05, 0.1) is 38.2 Å². The van der Waals surface area contributed by atoms with Crippen molar-refractivity contribution in [3.8, 4) is 0 Å². The second-order valence-electron chi connectivity index (χ2n) is 19.4. The van der Waals surface area contributed by atoms with Gasteiger partial charge in [-0.1, -0.05) is 81.6 Å². The van der Waals surface area contributed by atoms with E-state index >= 15 is 0 Å². The van der Waals surface area contributed by atoms with Crippen LogP contribution in [0.1, 0.15) is 101 Å². The van der Waals surface area contributed by atoms with Crippen LogP contribution in [0, 0.1) is 0 Å². The van der Waals surface area contributed by atoms with Gasteiger partial charge in [-0.15, -0.1) is 56.9 Å². The molecule has 9 nitrogen and oxygen atoms in total. The quantitative estimate of drug-likeness (QED) is 0.0719. The number of nitrogens with zero attached hydrogens (tertiary/aromatic N) is 6. The lowest BCUT2D eigenvalue weighted by Gasteiger charge is -2.53. The van der Waals surface area contributed by atoms with Crippen LogP contribution in [0.5, 0.6) is 0 Å². The van der Waals surface area contributed by atoms with Crippen LogP contribution in [0.4, 0.5) is 0 Å². The Morgan fingerprint density at radius 1 is 0.421 bits per heavy atom. The highest BCUT2D eigenvalue weighted by molar-refractivity contribution is 6.95. The van der Waals surface area contributed by atoms with Gasteiger partial charge in [-0.3, -0.25) is 0 Å². The first-order chi connectivity index (χ1) is 27.2. The number of aryl methyl sites for hydroxylation is 3. The fraction of sp³-hybridized carbons (Fsp3) is 0.786. The molecule has 0 unspecified atom stereocenters. The van der Waals surface area contributed by atoms with Crippen molar-refractivity contribution < 1.29 is 25.8 Å². The third-order valence-corrected chi connectivity index (χ3v) is 29.6. The minimum atomic E-state index is -2.62. The Morgan fingerprint density at radius 3 is 0.877 bits per heavy atom. The van der Waals surface area contributed by atoms with Crippen LogP contribution in [0.25, 0.3) is 0 Å². The lowest BCUT2D eigenvalue weighted by Crippen LogP contribution is -2.70. The maximum atomic E-state index is 7.58. The highest BCUT2D eigenvalue weighted by atomic mass is 28.5. The molecule has 0 amide bonds. The lowest BCUT2D eigenvalue weighted by molar-refractivity contribution is -0.548. The molecular formula is C42H87B3N6O3Si3. The number of rotatable bonds is 27. The van der Waals surface area contributed by atoms with E-state index in [0.29, 0.717) is 0 Å². The minimum Gasteiger partial charge on any atom is -0.435 e. The van der Waals surface area contributed by atoms with E-state index in [2.05, 4.69) is 165 Å². The van der Waals surface area contributed by atoms with Crippen molar-refractivity contribution in [2.24, 2.45) is 0 Å². The third-order valence-electron chi connectivity index (χ3n) is 15.6. The second-order valence-corrected chi connectivity index (χ2v) is 30.1. The van der Waals surface area contributed by atoms with E-state index < -0.39 is 44.5 Å². The number of imidazole rings is 3. The summed E-state index contributed by atoms with van der Waals surface area (Å²) in [5.74, 6) is 0. The van der Waals surface area contributed by atoms with Crippen molar-refractivity contribution >= 4 is 44.5 Å². The molecule has 1 aliphatic heterocycles. The summed E-state index contributed by atoms with van der Waals surface area (Å²) in [6.45, 7) is 31.8. The lowest BCUT2D eigenvalue weighted by atomic mass is 9.30. The van der Waals surface area contributed by atoms with Crippen LogP contribution in [0.15, 0.2) is 56.2 Å². The normalized spacial score (nSPS) is 22.1. The summed E-state index contributed by atoms with van der Waals surface area (Å²) in [4.78, 5) is 0. The van der Waals surface area contributed by atoms with Gasteiger partial charge in [-0.2, -0.15) is 0 Å². The van der Waals surface area contributed by atoms with E-state index in [1.807, 2.05) is 0 Å². The van der Waals surface area contributed by atoms with Crippen LogP contribution in [-0.2, 0) is 32.0 Å². The SMILES string of the molecule is CCCCn1cc[n+]([B-](CC)(CC)CC[Si]2(C)O[Si](C)(CC[B-](CC)(CC)[n+]3ccn(CCCC)c3)O[Si](C)(CC[B-](CC)(CC)[n+]3ccn(CCCC)c3)O2)c1. The van der Waals surface area contributed by atoms with Crippen molar-refractivity contribution in [3.63, 3.8) is 0 Å². The largest absolute Gasteiger partial charge is 0.435 e. The van der Waals surface area contributed by atoms with Crippen molar-refractivity contribution in [1.29, 1.82) is 0 Å². The molecule has 1 saturated heterocycles. The summed E-state index contributed by atoms with van der Waals surface area (Å²) in [6, 6.07) is 3.07. The van der Waals surface area contributed by atoms with Crippen LogP contribution in [-0.4, -0.2) is 58.2 Å². The summed E-state index contributed by atoms with van der Waals surface area (Å²) < 4.78 is 37.7. The fourth-order valence-corrected chi connectivity index (χ4v) is 29.0. The summed E-state index contributed by atoms with van der Waals surface area (Å²) >= 11 is 0. The van der Waals surface area contributed by atoms with Crippen molar-refractivity contribution in [2.75, 3.05) is 0 Å². The van der Waals surface area contributed by atoms with Crippen molar-refractivity contribution in [3.05, 3.63) is 56.2 Å². The average Bonchev–Trinajstić information content (AvgIpc) is 4.00. The Kier molecular flexibility index (Phi) is 17.9. The van der Waals surface area contributed by atoms with E-state index in [9.17, 15) is 0 Å². The molecule has 0 saturated carbocycles. The fourth-order valence-electron chi connectivity index (χ4n) is 10.8. The van der Waals surface area contributed by atoms with E-state index in [4.69, 9.17) is 12.3 Å². The average molecular weight is 841 g/mol. The monoisotopic (exact) mass is 841 g/mol. The predicted molar refractivity (Wildman–Crippen MR) is 252 cm³/mol. The first-order valence-corrected chi connectivity index (χ1v) is 31.7. The van der Waals surface area contributed by atoms with Gasteiger partial charge in [0.1, 0.15) is 18.6 Å². The molecule has 3 aromatic rings. The molecule has 0 spiro atoms. The maximum Gasteiger partial charge on any atom is 0.314 e. The molecule has 1 aliphatic rings. The Bertz CT molecular complexity index is 1430. The van der Waals surface area contributed by atoms with Gasteiger partial charge in [0.15, 0.2) is 37.8 Å². The highest BCUT2D eigenvalue weighted by Crippen LogP contribution is 2.42. The van der Waals surface area contributed by atoms with E-state index in [1.54, 1.807) is 0 Å². The smallest absolute Gasteiger partial charge is 0.314 e. The van der Waals surface area contributed by atoms with Crippen LogP contribution in [0.3, 0.4) is 0 Å². The Hall–Kier alpha value is -1.64. The zero-order valence-electron chi connectivity index (χ0n) is 39.2. The standard InChI is InChI=1S/C42H87B3N6O3Si3/c1-13-22-28-46-31-34-49(40-46)43(16-4,17-5)25-37-55(10)52-56(11,38-26-44(18-6,19-7)50-35-32-47(41-50)29-23-14-2)54-57(12,53-55)39-27-45(20-8,21-9)51-36-33-48(42-51)30-24-15-3/h31-36,40-42H,13-30,37-39H2,1-12H3. The number of hydrogen-bond acceptors (Lipinski definition) is 3. The Balaban J connectivity index is 1.66. The molecule has 4 rings (SSSR count). The summed E-state index contributed by atoms with van der Waals surface area (Å²) in [5, 5.41) is 0. The van der Waals surface area contributed by atoms with Gasteiger partial charge in [0.2, 0.25) is 0 Å². The molecule has 324 valence electrons. The van der Waals surface area contributed by atoms with E-state index in [-0.39, 0.29) is 0 Å². The molecular weight excluding hydrogens is 753 g/mol. The van der Waals surface area contributed by atoms with Crippen LogP contribution >= 0.6 is 0 Å². The van der Waals surface area contributed by atoms with Crippen molar-refractivity contribution in [2.45, 2.75) is 215 Å². The van der Waals surface area contributed by atoms with Gasteiger partial charge >= 0.3 is 25.7 Å². The third kappa shape index (κ3) is 11.8. The number of aromatic nitrogens is 6. The second kappa shape index (κ2) is 21.2. The summed E-state index contributed by atoms with van der Waals surface area (Å²) in [6.07, 6.45) is 36.4. The van der Waals surface area contributed by atoms with Gasteiger partial charge < -0.3 is 25.8 Å².